The van der Waals surface area contributed by atoms with Crippen LogP contribution in [0.1, 0.15) is 47.4 Å². The molecular formula is C18H22BrNS. The summed E-state index contributed by atoms with van der Waals surface area (Å²) >= 11 is 5.41. The molecule has 112 valence electrons. The minimum absolute atomic E-state index is 0.432. The summed E-state index contributed by atoms with van der Waals surface area (Å²) in [5.74, 6) is 0. The Hall–Kier alpha value is -0.640. The second kappa shape index (κ2) is 7.08. The van der Waals surface area contributed by atoms with Crippen LogP contribution in [0, 0.1) is 0 Å². The molecule has 0 radical (unpaired) electrons. The zero-order valence-electron chi connectivity index (χ0n) is 12.5. The number of thiophene rings is 1. The lowest BCUT2D eigenvalue weighted by molar-refractivity contribution is 0.532. The van der Waals surface area contributed by atoms with Gasteiger partial charge in [-0.3, -0.25) is 0 Å². The van der Waals surface area contributed by atoms with Crippen molar-refractivity contribution in [3.05, 3.63) is 55.7 Å². The van der Waals surface area contributed by atoms with Crippen LogP contribution < -0.4 is 5.32 Å². The monoisotopic (exact) mass is 363 g/mol. The molecule has 0 amide bonds. The van der Waals surface area contributed by atoms with Gasteiger partial charge in [-0.25, -0.2) is 0 Å². The molecule has 1 nitrogen and oxygen atoms in total. The van der Waals surface area contributed by atoms with Crippen molar-refractivity contribution in [1.29, 1.82) is 0 Å². The SMILES string of the molecule is CCCNC(Cc1cc(Br)cs1)c1ccc2c(c1)CCC2. The Kier molecular flexibility index (Phi) is 5.15. The molecule has 0 saturated heterocycles. The lowest BCUT2D eigenvalue weighted by Gasteiger charge is -2.19. The van der Waals surface area contributed by atoms with Gasteiger partial charge in [0.05, 0.1) is 0 Å². The number of fused-ring (bicyclic) bond motifs is 1. The topological polar surface area (TPSA) is 12.0 Å². The molecule has 0 aliphatic heterocycles. The Morgan fingerprint density at radius 2 is 2.10 bits per heavy atom. The van der Waals surface area contributed by atoms with Crippen molar-refractivity contribution in [3.63, 3.8) is 0 Å². The lowest BCUT2D eigenvalue weighted by atomic mass is 9.98. The molecule has 1 aromatic heterocycles. The summed E-state index contributed by atoms with van der Waals surface area (Å²) in [6.45, 7) is 3.31. The average molecular weight is 364 g/mol. The number of nitrogens with one attached hydrogen (secondary N) is 1. The molecule has 1 atom stereocenters. The van der Waals surface area contributed by atoms with Crippen LogP contribution in [0.25, 0.3) is 0 Å². The quantitative estimate of drug-likeness (QED) is 0.735. The van der Waals surface area contributed by atoms with E-state index in [4.69, 9.17) is 0 Å². The van der Waals surface area contributed by atoms with Crippen LogP contribution in [-0.4, -0.2) is 6.54 Å². The first-order chi connectivity index (χ1) is 10.3. The van der Waals surface area contributed by atoms with E-state index < -0.39 is 0 Å². The highest BCUT2D eigenvalue weighted by atomic mass is 79.9. The van der Waals surface area contributed by atoms with E-state index in [1.54, 1.807) is 11.1 Å². The van der Waals surface area contributed by atoms with E-state index in [2.05, 4.69) is 57.8 Å². The van der Waals surface area contributed by atoms with Crippen LogP contribution in [-0.2, 0) is 19.3 Å². The first kappa shape index (κ1) is 15.3. The number of hydrogen-bond acceptors (Lipinski definition) is 2. The highest BCUT2D eigenvalue weighted by molar-refractivity contribution is 9.10. The number of rotatable bonds is 6. The highest BCUT2D eigenvalue weighted by Crippen LogP contribution is 2.29. The third kappa shape index (κ3) is 3.77. The molecule has 1 aromatic carbocycles. The Bertz CT molecular complexity index is 605. The summed E-state index contributed by atoms with van der Waals surface area (Å²) in [5, 5.41) is 5.90. The largest absolute Gasteiger partial charge is 0.310 e. The van der Waals surface area contributed by atoms with Gasteiger partial charge in [-0.2, -0.15) is 0 Å². The van der Waals surface area contributed by atoms with E-state index in [9.17, 15) is 0 Å². The number of aryl methyl sites for hydroxylation is 2. The van der Waals surface area contributed by atoms with Crippen LogP contribution in [0.2, 0.25) is 0 Å². The summed E-state index contributed by atoms with van der Waals surface area (Å²) in [6, 6.07) is 9.81. The van der Waals surface area contributed by atoms with Crippen molar-refractivity contribution >= 4 is 27.3 Å². The van der Waals surface area contributed by atoms with E-state index in [1.807, 2.05) is 11.3 Å². The Balaban J connectivity index is 1.80. The van der Waals surface area contributed by atoms with Crippen LogP contribution in [0.15, 0.2) is 34.1 Å². The zero-order valence-corrected chi connectivity index (χ0v) is 14.9. The molecule has 2 aromatic rings. The van der Waals surface area contributed by atoms with Crippen molar-refractivity contribution in [1.82, 2.24) is 5.32 Å². The minimum atomic E-state index is 0.432. The van der Waals surface area contributed by atoms with Crippen molar-refractivity contribution in [2.45, 2.75) is 45.1 Å². The molecule has 21 heavy (non-hydrogen) atoms. The Morgan fingerprint density at radius 3 is 2.86 bits per heavy atom. The molecule has 1 aliphatic rings. The minimum Gasteiger partial charge on any atom is -0.310 e. The van der Waals surface area contributed by atoms with Gasteiger partial charge in [0.25, 0.3) is 0 Å². The molecular weight excluding hydrogens is 342 g/mol. The Labute approximate surface area is 139 Å². The summed E-state index contributed by atoms with van der Waals surface area (Å²) < 4.78 is 1.20. The van der Waals surface area contributed by atoms with Crippen molar-refractivity contribution in [3.8, 4) is 0 Å². The standard InChI is InChI=1S/C18H22BrNS/c1-2-8-20-18(11-17-10-16(19)12-21-17)15-7-6-13-4-3-5-14(13)9-15/h6-7,9-10,12,18,20H,2-5,8,11H2,1H3. The van der Waals surface area contributed by atoms with Gasteiger partial charge in [0.1, 0.15) is 0 Å². The fourth-order valence-corrected chi connectivity index (χ4v) is 4.60. The maximum Gasteiger partial charge on any atom is 0.0368 e. The third-order valence-electron chi connectivity index (χ3n) is 4.19. The van der Waals surface area contributed by atoms with E-state index in [0.29, 0.717) is 6.04 Å². The predicted molar refractivity (Wildman–Crippen MR) is 95.2 cm³/mol. The van der Waals surface area contributed by atoms with Gasteiger partial charge in [-0.1, -0.05) is 25.1 Å². The number of benzene rings is 1. The van der Waals surface area contributed by atoms with Crippen LogP contribution in [0.4, 0.5) is 0 Å². The Morgan fingerprint density at radius 1 is 1.24 bits per heavy atom. The van der Waals surface area contributed by atoms with Gasteiger partial charge >= 0.3 is 0 Å². The first-order valence-electron chi connectivity index (χ1n) is 7.84. The molecule has 1 unspecified atom stereocenters. The van der Waals surface area contributed by atoms with E-state index in [0.717, 1.165) is 13.0 Å². The number of hydrogen-bond donors (Lipinski definition) is 1. The fraction of sp³-hybridized carbons (Fsp3) is 0.444. The highest BCUT2D eigenvalue weighted by Gasteiger charge is 2.17. The third-order valence-corrected chi connectivity index (χ3v) is 5.91. The van der Waals surface area contributed by atoms with Gasteiger partial charge in [0.2, 0.25) is 0 Å². The van der Waals surface area contributed by atoms with Crippen LogP contribution in [0.5, 0.6) is 0 Å². The summed E-state index contributed by atoms with van der Waals surface area (Å²) in [5.41, 5.74) is 4.59. The smallest absolute Gasteiger partial charge is 0.0368 e. The normalized spacial score (nSPS) is 15.1. The van der Waals surface area contributed by atoms with Crippen LogP contribution in [0.3, 0.4) is 0 Å². The summed E-state index contributed by atoms with van der Waals surface area (Å²) in [4.78, 5) is 1.44. The molecule has 0 spiro atoms. The number of halogens is 1. The average Bonchev–Trinajstić information content (AvgIpc) is 3.11. The summed E-state index contributed by atoms with van der Waals surface area (Å²) in [6.07, 6.45) is 6.10. The van der Waals surface area contributed by atoms with Gasteiger partial charge < -0.3 is 5.32 Å². The summed E-state index contributed by atoms with van der Waals surface area (Å²) in [7, 11) is 0. The van der Waals surface area contributed by atoms with Gasteiger partial charge in [-0.15, -0.1) is 11.3 Å². The molecule has 0 bridgehead atoms. The predicted octanol–water partition coefficient (Wildman–Crippen LogP) is 5.28. The fourth-order valence-electron chi connectivity index (χ4n) is 3.10. The van der Waals surface area contributed by atoms with Crippen LogP contribution >= 0.6 is 27.3 Å². The van der Waals surface area contributed by atoms with E-state index >= 15 is 0 Å². The molecule has 1 heterocycles. The zero-order chi connectivity index (χ0) is 14.7. The van der Waals surface area contributed by atoms with Crippen molar-refractivity contribution in [2.75, 3.05) is 6.54 Å². The molecule has 1 aliphatic carbocycles. The molecule has 1 N–H and O–H groups in total. The molecule has 0 fully saturated rings. The van der Waals surface area contributed by atoms with Gasteiger partial charge in [0, 0.05) is 27.2 Å². The first-order valence-corrected chi connectivity index (χ1v) is 9.51. The van der Waals surface area contributed by atoms with E-state index in [-0.39, 0.29) is 0 Å². The molecule has 0 saturated carbocycles. The molecule has 3 heteroatoms. The van der Waals surface area contributed by atoms with Crippen molar-refractivity contribution < 1.29 is 0 Å². The molecule has 3 rings (SSSR count). The van der Waals surface area contributed by atoms with E-state index in [1.165, 1.54) is 40.6 Å². The van der Waals surface area contributed by atoms with Crippen molar-refractivity contribution in [2.24, 2.45) is 0 Å². The maximum absolute atomic E-state index is 3.73. The van der Waals surface area contributed by atoms with Gasteiger partial charge in [-0.05, 0) is 70.9 Å². The van der Waals surface area contributed by atoms with Gasteiger partial charge in [0.15, 0.2) is 0 Å². The second-order valence-electron chi connectivity index (χ2n) is 5.82. The lowest BCUT2D eigenvalue weighted by Crippen LogP contribution is -2.24. The second-order valence-corrected chi connectivity index (χ2v) is 7.74. The maximum atomic E-state index is 3.73.